The summed E-state index contributed by atoms with van der Waals surface area (Å²) in [6.07, 6.45) is 2.05. The van der Waals surface area contributed by atoms with Crippen molar-refractivity contribution in [2.75, 3.05) is 26.7 Å². The minimum absolute atomic E-state index is 0.159. The Morgan fingerprint density at radius 2 is 2.11 bits per heavy atom. The van der Waals surface area contributed by atoms with E-state index in [4.69, 9.17) is 0 Å². The molecular weight excluding hydrogens is 342 g/mol. The summed E-state index contributed by atoms with van der Waals surface area (Å²) in [7, 11) is 1.79. The van der Waals surface area contributed by atoms with Crippen LogP contribution in [0, 0.1) is 12.8 Å². The molecule has 0 saturated carbocycles. The van der Waals surface area contributed by atoms with Gasteiger partial charge in [0, 0.05) is 39.1 Å². The summed E-state index contributed by atoms with van der Waals surface area (Å²) in [4.78, 5) is 21.2. The van der Waals surface area contributed by atoms with Crippen molar-refractivity contribution in [3.63, 3.8) is 0 Å². The monoisotopic (exact) mass is 375 g/mol. The van der Waals surface area contributed by atoms with Gasteiger partial charge in [-0.05, 0) is 47.0 Å². The second-order valence-corrected chi connectivity index (χ2v) is 8.63. The van der Waals surface area contributed by atoms with Crippen LogP contribution in [0.3, 0.4) is 0 Å². The number of carbonyl (C=O) groups excluding carboxylic acids is 1. The van der Waals surface area contributed by atoms with Crippen LogP contribution < -0.4 is 5.32 Å². The predicted octanol–water partition coefficient (Wildman–Crippen LogP) is 1.06. The molecule has 150 valence electrons. The van der Waals surface area contributed by atoms with E-state index in [9.17, 15) is 4.79 Å². The minimum Gasteiger partial charge on any atom is -0.356 e. The average Bonchev–Trinajstić information content (AvgIpc) is 2.94. The standard InChI is InChI=1S/C19H33N7O/c1-13(2)26-17(27)11-24(12-19(26,4)5)18(20-6)21-9-15-7-8-16-23-22-14(3)25(16)10-15/h13,15H,7-12H2,1-6H3,(H,20,21). The van der Waals surface area contributed by atoms with Crippen molar-refractivity contribution in [1.29, 1.82) is 0 Å². The fourth-order valence-corrected chi connectivity index (χ4v) is 4.58. The number of piperazine rings is 1. The van der Waals surface area contributed by atoms with Crippen LogP contribution in [0.2, 0.25) is 0 Å². The lowest BCUT2D eigenvalue weighted by atomic mass is 9.96. The van der Waals surface area contributed by atoms with Crippen molar-refractivity contribution in [2.24, 2.45) is 10.9 Å². The number of nitrogens with zero attached hydrogens (tertiary/aromatic N) is 6. The maximum Gasteiger partial charge on any atom is 0.242 e. The van der Waals surface area contributed by atoms with Gasteiger partial charge in [0.15, 0.2) is 5.96 Å². The molecule has 1 saturated heterocycles. The van der Waals surface area contributed by atoms with Gasteiger partial charge in [-0.25, -0.2) is 0 Å². The highest BCUT2D eigenvalue weighted by atomic mass is 16.2. The lowest BCUT2D eigenvalue weighted by molar-refractivity contribution is -0.145. The van der Waals surface area contributed by atoms with Crippen LogP contribution in [0.15, 0.2) is 4.99 Å². The largest absolute Gasteiger partial charge is 0.356 e. The number of guanidine groups is 1. The zero-order chi connectivity index (χ0) is 19.8. The van der Waals surface area contributed by atoms with Crippen LogP contribution in [0.1, 0.15) is 45.8 Å². The SMILES string of the molecule is CN=C(NCC1CCc2nnc(C)n2C1)N1CC(=O)N(C(C)C)C(C)(C)C1. The number of aromatic nitrogens is 3. The number of carbonyl (C=O) groups is 1. The first-order valence-corrected chi connectivity index (χ1v) is 9.89. The molecule has 1 aromatic heterocycles. The van der Waals surface area contributed by atoms with Crippen LogP contribution in [-0.4, -0.2) is 74.7 Å². The Balaban J connectivity index is 1.62. The van der Waals surface area contributed by atoms with Gasteiger partial charge in [0.2, 0.25) is 5.91 Å². The molecule has 0 bridgehead atoms. The van der Waals surface area contributed by atoms with Gasteiger partial charge >= 0.3 is 0 Å². The molecular formula is C19H33N7O. The van der Waals surface area contributed by atoms with Crippen molar-refractivity contribution >= 4 is 11.9 Å². The number of fused-ring (bicyclic) bond motifs is 1. The second-order valence-electron chi connectivity index (χ2n) is 8.63. The first kappa shape index (κ1) is 19.6. The van der Waals surface area contributed by atoms with Crippen LogP contribution in [0.4, 0.5) is 0 Å². The maximum atomic E-state index is 12.7. The summed E-state index contributed by atoms with van der Waals surface area (Å²) in [6, 6.07) is 0.202. The summed E-state index contributed by atoms with van der Waals surface area (Å²) in [6.45, 7) is 13.3. The van der Waals surface area contributed by atoms with Crippen LogP contribution in [0.5, 0.6) is 0 Å². The molecule has 27 heavy (non-hydrogen) atoms. The van der Waals surface area contributed by atoms with Gasteiger partial charge in [0.05, 0.1) is 12.1 Å². The van der Waals surface area contributed by atoms with Crippen molar-refractivity contribution in [3.8, 4) is 0 Å². The van der Waals surface area contributed by atoms with E-state index in [0.29, 0.717) is 12.5 Å². The topological polar surface area (TPSA) is 78.6 Å². The molecule has 1 atom stereocenters. The van der Waals surface area contributed by atoms with E-state index in [-0.39, 0.29) is 17.5 Å². The minimum atomic E-state index is -0.222. The molecule has 2 aliphatic heterocycles. The number of hydrogen-bond acceptors (Lipinski definition) is 4. The third-order valence-corrected chi connectivity index (χ3v) is 5.63. The molecule has 1 aromatic rings. The van der Waals surface area contributed by atoms with E-state index < -0.39 is 0 Å². The van der Waals surface area contributed by atoms with Crippen LogP contribution in [-0.2, 0) is 17.8 Å². The molecule has 0 aliphatic carbocycles. The third kappa shape index (κ3) is 3.94. The molecule has 3 heterocycles. The van der Waals surface area contributed by atoms with Crippen LogP contribution in [0.25, 0.3) is 0 Å². The van der Waals surface area contributed by atoms with E-state index in [1.807, 2.05) is 11.8 Å². The molecule has 2 aliphatic rings. The molecule has 1 unspecified atom stereocenters. The van der Waals surface area contributed by atoms with Gasteiger partial charge in [-0.15, -0.1) is 10.2 Å². The first-order valence-electron chi connectivity index (χ1n) is 9.89. The smallest absolute Gasteiger partial charge is 0.242 e. The van der Waals surface area contributed by atoms with Gasteiger partial charge in [0.25, 0.3) is 0 Å². The Hall–Kier alpha value is -2.12. The Kier molecular flexibility index (Phi) is 5.44. The normalized spacial score (nSPS) is 23.0. The maximum absolute atomic E-state index is 12.7. The third-order valence-electron chi connectivity index (χ3n) is 5.63. The molecule has 1 fully saturated rings. The molecule has 3 rings (SSSR count). The van der Waals surface area contributed by atoms with Crippen molar-refractivity contribution < 1.29 is 4.79 Å². The number of aliphatic imine (C=N–C) groups is 1. The molecule has 0 radical (unpaired) electrons. The van der Waals surface area contributed by atoms with Crippen molar-refractivity contribution in [1.82, 2.24) is 29.9 Å². The van der Waals surface area contributed by atoms with E-state index in [1.54, 1.807) is 7.05 Å². The number of hydrogen-bond donors (Lipinski definition) is 1. The lowest BCUT2D eigenvalue weighted by Gasteiger charge is -2.49. The van der Waals surface area contributed by atoms with Crippen molar-refractivity contribution in [2.45, 2.75) is 65.6 Å². The van der Waals surface area contributed by atoms with E-state index in [2.05, 4.69) is 57.7 Å². The highest BCUT2D eigenvalue weighted by Crippen LogP contribution is 2.25. The summed E-state index contributed by atoms with van der Waals surface area (Å²) in [5.41, 5.74) is -0.222. The summed E-state index contributed by atoms with van der Waals surface area (Å²) in [5.74, 6) is 3.55. The fourth-order valence-electron chi connectivity index (χ4n) is 4.58. The molecule has 0 spiro atoms. The van der Waals surface area contributed by atoms with E-state index >= 15 is 0 Å². The molecule has 8 nitrogen and oxygen atoms in total. The first-order chi connectivity index (χ1) is 12.7. The van der Waals surface area contributed by atoms with Crippen LogP contribution >= 0.6 is 0 Å². The molecule has 1 amide bonds. The number of nitrogens with one attached hydrogen (secondary N) is 1. The quantitative estimate of drug-likeness (QED) is 0.631. The Labute approximate surface area is 162 Å². The van der Waals surface area contributed by atoms with Crippen molar-refractivity contribution in [3.05, 3.63) is 11.6 Å². The predicted molar refractivity (Wildman–Crippen MR) is 106 cm³/mol. The zero-order valence-corrected chi connectivity index (χ0v) is 17.5. The van der Waals surface area contributed by atoms with E-state index in [0.717, 1.165) is 50.1 Å². The van der Waals surface area contributed by atoms with Gasteiger partial charge in [-0.3, -0.25) is 9.79 Å². The Morgan fingerprint density at radius 1 is 1.37 bits per heavy atom. The fraction of sp³-hybridized carbons (Fsp3) is 0.789. The van der Waals surface area contributed by atoms with Gasteiger partial charge < -0.3 is 19.7 Å². The summed E-state index contributed by atoms with van der Waals surface area (Å²) >= 11 is 0. The van der Waals surface area contributed by atoms with E-state index in [1.165, 1.54) is 0 Å². The molecule has 0 aromatic carbocycles. The number of aryl methyl sites for hydroxylation is 2. The summed E-state index contributed by atoms with van der Waals surface area (Å²) < 4.78 is 2.21. The summed E-state index contributed by atoms with van der Waals surface area (Å²) in [5, 5.41) is 11.9. The van der Waals surface area contributed by atoms with Gasteiger partial charge in [0.1, 0.15) is 11.6 Å². The second kappa shape index (κ2) is 7.48. The lowest BCUT2D eigenvalue weighted by Crippen LogP contribution is -2.66. The highest BCUT2D eigenvalue weighted by Gasteiger charge is 2.40. The number of rotatable bonds is 3. The average molecular weight is 376 g/mol. The highest BCUT2D eigenvalue weighted by molar-refractivity contribution is 5.88. The van der Waals surface area contributed by atoms with Gasteiger partial charge in [-0.1, -0.05) is 0 Å². The van der Waals surface area contributed by atoms with Gasteiger partial charge in [-0.2, -0.15) is 0 Å². The zero-order valence-electron chi connectivity index (χ0n) is 17.5. The number of amides is 1. The Bertz CT molecular complexity index is 722. The Morgan fingerprint density at radius 3 is 2.74 bits per heavy atom. The molecule has 1 N–H and O–H groups in total. The molecule has 8 heteroatoms.